The third-order valence-corrected chi connectivity index (χ3v) is 4.55. The Balaban J connectivity index is 2.05. The standard InChI is InChI=1S/C18H16N2O2/c1-11-8-9-19-18-17(11)13-4-2-3-5-14(13)20(18)15-7-6-12(21)10-16(15)22/h2-5,8-9,15H,6-7,10H2,1H3. The number of aryl methyl sites for hydroxylation is 1. The summed E-state index contributed by atoms with van der Waals surface area (Å²) < 4.78 is 2.03. The molecule has 22 heavy (non-hydrogen) atoms. The van der Waals surface area contributed by atoms with Crippen LogP contribution >= 0.6 is 0 Å². The molecular weight excluding hydrogens is 276 g/mol. The average molecular weight is 292 g/mol. The van der Waals surface area contributed by atoms with Crippen molar-refractivity contribution in [2.24, 2.45) is 0 Å². The molecule has 2 heterocycles. The Labute approximate surface area is 127 Å². The van der Waals surface area contributed by atoms with Gasteiger partial charge >= 0.3 is 0 Å². The van der Waals surface area contributed by atoms with Gasteiger partial charge < -0.3 is 4.57 Å². The molecule has 0 radical (unpaired) electrons. The zero-order valence-electron chi connectivity index (χ0n) is 12.4. The van der Waals surface area contributed by atoms with Crippen LogP contribution in [0.15, 0.2) is 36.5 Å². The van der Waals surface area contributed by atoms with Crippen molar-refractivity contribution >= 4 is 33.5 Å². The van der Waals surface area contributed by atoms with Gasteiger partial charge in [-0.05, 0) is 31.0 Å². The van der Waals surface area contributed by atoms with Crippen LogP contribution in [-0.2, 0) is 9.59 Å². The first-order chi connectivity index (χ1) is 10.7. The third kappa shape index (κ3) is 1.80. The SMILES string of the molecule is Cc1ccnc2c1c1ccccc1n2C1CCC(=O)CC1=O. The highest BCUT2D eigenvalue weighted by atomic mass is 16.2. The number of carbonyl (C=O) groups excluding carboxylic acids is 2. The molecule has 4 nitrogen and oxygen atoms in total. The van der Waals surface area contributed by atoms with Crippen molar-refractivity contribution in [1.29, 1.82) is 0 Å². The number of para-hydroxylation sites is 1. The van der Waals surface area contributed by atoms with Gasteiger partial charge in [0.05, 0.1) is 18.0 Å². The van der Waals surface area contributed by atoms with Crippen molar-refractivity contribution in [3.05, 3.63) is 42.1 Å². The Morgan fingerprint density at radius 2 is 2.00 bits per heavy atom. The molecule has 4 rings (SSSR count). The molecule has 1 aromatic carbocycles. The summed E-state index contributed by atoms with van der Waals surface area (Å²) in [5.74, 6) is 0.0494. The van der Waals surface area contributed by atoms with Crippen LogP contribution in [0.25, 0.3) is 21.9 Å². The van der Waals surface area contributed by atoms with Crippen LogP contribution in [0, 0.1) is 6.92 Å². The van der Waals surface area contributed by atoms with Crippen molar-refractivity contribution < 1.29 is 9.59 Å². The smallest absolute Gasteiger partial charge is 0.163 e. The van der Waals surface area contributed by atoms with E-state index in [0.29, 0.717) is 12.8 Å². The van der Waals surface area contributed by atoms with Crippen LogP contribution in [0.2, 0.25) is 0 Å². The van der Waals surface area contributed by atoms with E-state index in [1.165, 1.54) is 0 Å². The molecule has 1 aliphatic carbocycles. The maximum Gasteiger partial charge on any atom is 0.163 e. The summed E-state index contributed by atoms with van der Waals surface area (Å²) in [7, 11) is 0. The number of aromatic nitrogens is 2. The van der Waals surface area contributed by atoms with E-state index in [1.807, 2.05) is 28.8 Å². The van der Waals surface area contributed by atoms with Crippen molar-refractivity contribution in [3.63, 3.8) is 0 Å². The first-order valence-corrected chi connectivity index (χ1v) is 7.55. The van der Waals surface area contributed by atoms with Crippen LogP contribution in [0.1, 0.15) is 30.9 Å². The summed E-state index contributed by atoms with van der Waals surface area (Å²) in [4.78, 5) is 28.5. The van der Waals surface area contributed by atoms with Crippen LogP contribution in [0.5, 0.6) is 0 Å². The van der Waals surface area contributed by atoms with E-state index in [4.69, 9.17) is 0 Å². The van der Waals surface area contributed by atoms with E-state index >= 15 is 0 Å². The molecule has 1 unspecified atom stereocenters. The molecule has 0 saturated heterocycles. The molecule has 0 N–H and O–H groups in total. The molecule has 3 aromatic rings. The molecule has 1 aliphatic rings. The van der Waals surface area contributed by atoms with Gasteiger partial charge in [-0.3, -0.25) is 9.59 Å². The molecule has 1 fully saturated rings. The number of rotatable bonds is 1. The quantitative estimate of drug-likeness (QED) is 0.646. The van der Waals surface area contributed by atoms with Gasteiger partial charge in [0.25, 0.3) is 0 Å². The average Bonchev–Trinajstić information content (AvgIpc) is 2.83. The van der Waals surface area contributed by atoms with Gasteiger partial charge in [-0.15, -0.1) is 0 Å². The zero-order chi connectivity index (χ0) is 15.3. The Hall–Kier alpha value is -2.49. The van der Waals surface area contributed by atoms with Crippen molar-refractivity contribution in [2.45, 2.75) is 32.2 Å². The number of nitrogens with zero attached hydrogens (tertiary/aromatic N) is 2. The maximum absolute atomic E-state index is 12.4. The second-order valence-corrected chi connectivity index (χ2v) is 5.95. The number of pyridine rings is 1. The van der Waals surface area contributed by atoms with E-state index in [0.717, 1.165) is 27.5 Å². The van der Waals surface area contributed by atoms with Gasteiger partial charge in [0, 0.05) is 23.4 Å². The largest absolute Gasteiger partial charge is 0.315 e. The van der Waals surface area contributed by atoms with E-state index in [9.17, 15) is 9.59 Å². The lowest BCUT2D eigenvalue weighted by atomic mass is 9.92. The lowest BCUT2D eigenvalue weighted by Gasteiger charge is -2.23. The Morgan fingerprint density at radius 3 is 2.82 bits per heavy atom. The van der Waals surface area contributed by atoms with Gasteiger partial charge in [0.15, 0.2) is 5.78 Å². The molecule has 0 amide bonds. The lowest BCUT2D eigenvalue weighted by Crippen LogP contribution is -2.27. The topological polar surface area (TPSA) is 52.0 Å². The number of benzene rings is 1. The highest BCUT2D eigenvalue weighted by Crippen LogP contribution is 2.35. The van der Waals surface area contributed by atoms with Gasteiger partial charge in [0.2, 0.25) is 0 Å². The van der Waals surface area contributed by atoms with Crippen molar-refractivity contribution in [2.75, 3.05) is 0 Å². The van der Waals surface area contributed by atoms with Crippen molar-refractivity contribution in [1.82, 2.24) is 9.55 Å². The highest BCUT2D eigenvalue weighted by molar-refractivity contribution is 6.10. The lowest BCUT2D eigenvalue weighted by molar-refractivity contribution is -0.131. The summed E-state index contributed by atoms with van der Waals surface area (Å²) in [5.41, 5.74) is 3.01. The van der Waals surface area contributed by atoms with E-state index in [2.05, 4.69) is 18.0 Å². The second-order valence-electron chi connectivity index (χ2n) is 5.95. The molecule has 4 heteroatoms. The Kier molecular flexibility index (Phi) is 2.86. The number of Topliss-reactive ketones (excluding diaryl/α,β-unsaturated/α-hetero) is 2. The molecule has 0 aliphatic heterocycles. The molecular formula is C18H16N2O2. The van der Waals surface area contributed by atoms with Gasteiger partial charge in [0.1, 0.15) is 11.4 Å². The van der Waals surface area contributed by atoms with E-state index in [-0.39, 0.29) is 24.0 Å². The second kappa shape index (κ2) is 4.77. The monoisotopic (exact) mass is 292 g/mol. The number of fused-ring (bicyclic) bond motifs is 3. The normalized spacial score (nSPS) is 19.2. The minimum absolute atomic E-state index is 0.00205. The van der Waals surface area contributed by atoms with Crippen LogP contribution in [0.3, 0.4) is 0 Å². The highest BCUT2D eigenvalue weighted by Gasteiger charge is 2.31. The number of hydrogen-bond acceptors (Lipinski definition) is 3. The fraction of sp³-hybridized carbons (Fsp3) is 0.278. The van der Waals surface area contributed by atoms with Crippen LogP contribution < -0.4 is 0 Å². The Bertz CT molecular complexity index is 923. The maximum atomic E-state index is 12.4. The molecule has 110 valence electrons. The van der Waals surface area contributed by atoms with E-state index < -0.39 is 0 Å². The first-order valence-electron chi connectivity index (χ1n) is 7.55. The summed E-state index contributed by atoms with van der Waals surface area (Å²) in [6.07, 6.45) is 2.87. The predicted molar refractivity (Wildman–Crippen MR) is 84.9 cm³/mol. The summed E-state index contributed by atoms with van der Waals surface area (Å²) in [5, 5.41) is 2.22. The number of hydrogen-bond donors (Lipinski definition) is 0. The van der Waals surface area contributed by atoms with Crippen LogP contribution in [0.4, 0.5) is 0 Å². The van der Waals surface area contributed by atoms with Gasteiger partial charge in [-0.2, -0.15) is 0 Å². The fourth-order valence-corrected chi connectivity index (χ4v) is 3.52. The van der Waals surface area contributed by atoms with Gasteiger partial charge in [-0.25, -0.2) is 4.98 Å². The minimum Gasteiger partial charge on any atom is -0.315 e. The molecule has 0 spiro atoms. The van der Waals surface area contributed by atoms with Crippen LogP contribution in [-0.4, -0.2) is 21.1 Å². The third-order valence-electron chi connectivity index (χ3n) is 4.55. The summed E-state index contributed by atoms with van der Waals surface area (Å²) in [6.45, 7) is 2.06. The van der Waals surface area contributed by atoms with Gasteiger partial charge in [-0.1, -0.05) is 18.2 Å². The summed E-state index contributed by atoms with van der Waals surface area (Å²) in [6, 6.07) is 9.79. The minimum atomic E-state index is -0.283. The molecule has 1 saturated carbocycles. The van der Waals surface area contributed by atoms with Crippen molar-refractivity contribution in [3.8, 4) is 0 Å². The summed E-state index contributed by atoms with van der Waals surface area (Å²) >= 11 is 0. The van der Waals surface area contributed by atoms with E-state index in [1.54, 1.807) is 6.20 Å². The molecule has 2 aromatic heterocycles. The molecule has 0 bridgehead atoms. The first kappa shape index (κ1) is 13.2. The molecule has 1 atom stereocenters. The predicted octanol–water partition coefficient (Wildman–Crippen LogP) is 3.36. The zero-order valence-corrected chi connectivity index (χ0v) is 12.4. The number of ketones is 2. The number of carbonyl (C=O) groups is 2. The fourth-order valence-electron chi connectivity index (χ4n) is 3.52. The Morgan fingerprint density at radius 1 is 1.18 bits per heavy atom.